The van der Waals surface area contributed by atoms with Gasteiger partial charge in [-0.05, 0) is 36.8 Å². The lowest BCUT2D eigenvalue weighted by molar-refractivity contribution is 0.0698. The van der Waals surface area contributed by atoms with E-state index < -0.39 is 5.97 Å². The summed E-state index contributed by atoms with van der Waals surface area (Å²) in [5, 5.41) is 11.9. The highest BCUT2D eigenvalue weighted by Crippen LogP contribution is 2.27. The van der Waals surface area contributed by atoms with Gasteiger partial charge in [0.25, 0.3) is 0 Å². The molecule has 0 aromatic heterocycles. The number of rotatable bonds is 3. The monoisotopic (exact) mass is 260 g/mol. The lowest BCUT2D eigenvalue weighted by Gasteiger charge is -2.11. The third kappa shape index (κ3) is 2.65. The number of hydrogen-bond donors (Lipinski definition) is 3. The molecule has 4 nitrogen and oxygen atoms in total. The van der Waals surface area contributed by atoms with Crippen molar-refractivity contribution in [3.8, 4) is 0 Å². The van der Waals surface area contributed by atoms with Gasteiger partial charge < -0.3 is 16.2 Å². The van der Waals surface area contributed by atoms with Crippen LogP contribution in [-0.4, -0.2) is 11.1 Å². The van der Waals surface area contributed by atoms with Crippen molar-refractivity contribution < 1.29 is 14.3 Å². The number of nitrogens with two attached hydrogens (primary N) is 1. The number of anilines is 3. The average molecular weight is 260 g/mol. The van der Waals surface area contributed by atoms with Gasteiger partial charge in [-0.1, -0.05) is 12.1 Å². The summed E-state index contributed by atoms with van der Waals surface area (Å²) in [6, 6.07) is 9.30. The highest BCUT2D eigenvalue weighted by atomic mass is 19.1. The molecule has 0 spiro atoms. The number of nitrogen functional groups attached to an aromatic ring is 1. The number of para-hydroxylation sites is 1. The molecular formula is C14H13FN2O2. The van der Waals surface area contributed by atoms with E-state index in [2.05, 4.69) is 5.32 Å². The van der Waals surface area contributed by atoms with Crippen LogP contribution < -0.4 is 11.1 Å². The lowest BCUT2D eigenvalue weighted by atomic mass is 10.1. The lowest BCUT2D eigenvalue weighted by Crippen LogP contribution is -2.05. The molecule has 19 heavy (non-hydrogen) atoms. The van der Waals surface area contributed by atoms with Crippen LogP contribution in [0.5, 0.6) is 0 Å². The van der Waals surface area contributed by atoms with Gasteiger partial charge in [-0.2, -0.15) is 0 Å². The first-order chi connectivity index (χ1) is 8.99. The Hall–Kier alpha value is -2.56. The Morgan fingerprint density at radius 2 is 2.05 bits per heavy atom. The van der Waals surface area contributed by atoms with Crippen molar-refractivity contribution in [3.63, 3.8) is 0 Å². The van der Waals surface area contributed by atoms with E-state index in [0.717, 1.165) is 0 Å². The Labute approximate surface area is 109 Å². The predicted octanol–water partition coefficient (Wildman–Crippen LogP) is 3.16. The van der Waals surface area contributed by atoms with Crippen LogP contribution in [0.15, 0.2) is 36.4 Å². The summed E-state index contributed by atoms with van der Waals surface area (Å²) >= 11 is 0. The maximum atomic E-state index is 13.4. The van der Waals surface area contributed by atoms with Gasteiger partial charge in [0.15, 0.2) is 0 Å². The van der Waals surface area contributed by atoms with Crippen LogP contribution in [0, 0.1) is 12.7 Å². The first-order valence-electron chi connectivity index (χ1n) is 5.64. The maximum Gasteiger partial charge on any atom is 0.337 e. The minimum atomic E-state index is -1.10. The number of aryl methyl sites for hydroxylation is 1. The number of benzene rings is 2. The summed E-state index contributed by atoms with van der Waals surface area (Å²) in [6.07, 6.45) is 0. The molecule has 0 radical (unpaired) electrons. The van der Waals surface area contributed by atoms with Gasteiger partial charge in [0.2, 0.25) is 0 Å². The highest BCUT2D eigenvalue weighted by Gasteiger charge is 2.11. The minimum absolute atomic E-state index is 0.0117. The molecule has 0 aliphatic carbocycles. The van der Waals surface area contributed by atoms with E-state index in [1.54, 1.807) is 31.2 Å². The summed E-state index contributed by atoms with van der Waals surface area (Å²) in [6.45, 7) is 1.67. The van der Waals surface area contributed by atoms with Gasteiger partial charge in [-0.25, -0.2) is 9.18 Å². The van der Waals surface area contributed by atoms with E-state index in [1.165, 1.54) is 12.1 Å². The third-order valence-corrected chi connectivity index (χ3v) is 2.79. The predicted molar refractivity (Wildman–Crippen MR) is 72.2 cm³/mol. The molecule has 0 fully saturated rings. The van der Waals surface area contributed by atoms with E-state index in [1.807, 2.05) is 0 Å². The summed E-state index contributed by atoms with van der Waals surface area (Å²) in [5.41, 5.74) is 7.38. The van der Waals surface area contributed by atoms with Crippen LogP contribution in [0.2, 0.25) is 0 Å². The van der Waals surface area contributed by atoms with E-state index in [0.29, 0.717) is 16.9 Å². The molecule has 0 unspecified atom stereocenters. The van der Waals surface area contributed by atoms with Crippen molar-refractivity contribution in [1.29, 1.82) is 0 Å². The molecule has 0 bridgehead atoms. The topological polar surface area (TPSA) is 75.3 Å². The van der Waals surface area contributed by atoms with Crippen LogP contribution in [0.1, 0.15) is 15.9 Å². The Kier molecular flexibility index (Phi) is 3.37. The zero-order valence-corrected chi connectivity index (χ0v) is 10.3. The molecule has 0 aliphatic heterocycles. The van der Waals surface area contributed by atoms with Crippen molar-refractivity contribution in [1.82, 2.24) is 0 Å². The Balaban J connectivity index is 2.35. The number of carboxylic acid groups (broad SMARTS) is 1. The molecule has 2 rings (SSSR count). The molecule has 0 atom stereocenters. The quantitative estimate of drug-likeness (QED) is 0.741. The Morgan fingerprint density at radius 3 is 2.68 bits per heavy atom. The third-order valence-electron chi connectivity index (χ3n) is 2.79. The van der Waals surface area contributed by atoms with Crippen molar-refractivity contribution in [2.24, 2.45) is 0 Å². The van der Waals surface area contributed by atoms with E-state index in [4.69, 9.17) is 10.8 Å². The Morgan fingerprint density at radius 1 is 1.32 bits per heavy atom. The van der Waals surface area contributed by atoms with Crippen LogP contribution in [-0.2, 0) is 0 Å². The smallest absolute Gasteiger partial charge is 0.337 e. The van der Waals surface area contributed by atoms with Crippen LogP contribution in [0.4, 0.5) is 21.5 Å². The molecule has 0 aliphatic rings. The zero-order valence-electron chi connectivity index (χ0n) is 10.3. The number of aromatic carboxylic acids is 1. The van der Waals surface area contributed by atoms with Crippen LogP contribution in [0.25, 0.3) is 0 Å². The fraction of sp³-hybridized carbons (Fsp3) is 0.0714. The second-order valence-electron chi connectivity index (χ2n) is 4.16. The average Bonchev–Trinajstić information content (AvgIpc) is 2.36. The number of nitrogens with one attached hydrogen (secondary N) is 1. The number of carboxylic acids is 1. The van der Waals surface area contributed by atoms with Gasteiger partial charge in [0.1, 0.15) is 5.82 Å². The molecular weight excluding hydrogens is 247 g/mol. The first kappa shape index (κ1) is 12.9. The molecule has 0 saturated heterocycles. The van der Waals surface area contributed by atoms with Crippen LogP contribution >= 0.6 is 0 Å². The van der Waals surface area contributed by atoms with Crippen molar-refractivity contribution in [3.05, 3.63) is 53.3 Å². The van der Waals surface area contributed by atoms with Gasteiger partial charge in [0.05, 0.1) is 16.9 Å². The molecule has 0 saturated carbocycles. The number of carbonyl (C=O) groups is 1. The van der Waals surface area contributed by atoms with Gasteiger partial charge in [-0.15, -0.1) is 0 Å². The molecule has 2 aromatic carbocycles. The fourth-order valence-electron chi connectivity index (χ4n) is 1.69. The largest absolute Gasteiger partial charge is 0.478 e. The highest BCUT2D eigenvalue weighted by molar-refractivity contribution is 5.97. The van der Waals surface area contributed by atoms with Gasteiger partial charge in [0, 0.05) is 5.69 Å². The fourth-order valence-corrected chi connectivity index (χ4v) is 1.69. The molecule has 98 valence electrons. The van der Waals surface area contributed by atoms with E-state index in [9.17, 15) is 9.18 Å². The van der Waals surface area contributed by atoms with Crippen LogP contribution in [0.3, 0.4) is 0 Å². The van der Waals surface area contributed by atoms with Crippen molar-refractivity contribution >= 4 is 23.0 Å². The van der Waals surface area contributed by atoms with Crippen molar-refractivity contribution in [2.75, 3.05) is 11.1 Å². The summed E-state index contributed by atoms with van der Waals surface area (Å²) in [7, 11) is 0. The minimum Gasteiger partial charge on any atom is -0.478 e. The van der Waals surface area contributed by atoms with Gasteiger partial charge in [-0.3, -0.25) is 0 Å². The number of hydrogen-bond acceptors (Lipinski definition) is 3. The summed E-state index contributed by atoms with van der Waals surface area (Å²) in [4.78, 5) is 11.0. The van der Waals surface area contributed by atoms with E-state index >= 15 is 0 Å². The SMILES string of the molecule is Cc1ccc(Nc2cccc(C(=O)O)c2N)cc1F. The first-order valence-corrected chi connectivity index (χ1v) is 5.64. The normalized spacial score (nSPS) is 10.2. The number of halogens is 1. The standard InChI is InChI=1S/C14H13FN2O2/c1-8-5-6-9(7-11(8)15)17-12-4-2-3-10(13(12)16)14(18)19/h2-7,17H,16H2,1H3,(H,18,19). The molecule has 2 aromatic rings. The summed E-state index contributed by atoms with van der Waals surface area (Å²) in [5.74, 6) is -1.44. The molecule has 5 heteroatoms. The molecule has 0 amide bonds. The van der Waals surface area contributed by atoms with Gasteiger partial charge >= 0.3 is 5.97 Å². The maximum absolute atomic E-state index is 13.4. The van der Waals surface area contributed by atoms with E-state index in [-0.39, 0.29) is 17.1 Å². The molecule has 4 N–H and O–H groups in total. The molecule has 0 heterocycles. The Bertz CT molecular complexity index is 641. The van der Waals surface area contributed by atoms with Crippen molar-refractivity contribution in [2.45, 2.75) is 6.92 Å². The second kappa shape index (κ2) is 4.97. The zero-order chi connectivity index (χ0) is 14.0. The second-order valence-corrected chi connectivity index (χ2v) is 4.16. The summed E-state index contributed by atoms with van der Waals surface area (Å²) < 4.78 is 13.4.